The zero-order chi connectivity index (χ0) is 17.6. The van der Waals surface area contributed by atoms with Gasteiger partial charge in [0.2, 0.25) is 0 Å². The minimum atomic E-state index is -0.841. The van der Waals surface area contributed by atoms with Crippen molar-refractivity contribution >= 4 is 50.4 Å². The number of fused-ring (bicyclic) bond motifs is 1. The van der Waals surface area contributed by atoms with Crippen molar-refractivity contribution in [1.29, 1.82) is 0 Å². The number of hydrazone groups is 1. The number of para-hydroxylation sites is 1. The predicted molar refractivity (Wildman–Crippen MR) is 102 cm³/mol. The monoisotopic (exact) mass is 395 g/mol. The highest BCUT2D eigenvalue weighted by atomic mass is 79.9. The summed E-state index contributed by atoms with van der Waals surface area (Å²) >= 11 is 3.30. The molecule has 6 heteroatoms. The van der Waals surface area contributed by atoms with Crippen molar-refractivity contribution in [2.45, 2.75) is 0 Å². The largest absolute Gasteiger partial charge is 0.329 e. The molecule has 0 radical (unpaired) electrons. The topological polar surface area (TPSA) is 70.6 Å². The maximum absolute atomic E-state index is 11.9. The van der Waals surface area contributed by atoms with E-state index >= 15 is 0 Å². The average Bonchev–Trinajstić information content (AvgIpc) is 2.63. The molecule has 0 unspecified atom stereocenters. The molecule has 0 spiro atoms. The van der Waals surface area contributed by atoms with Crippen molar-refractivity contribution in [2.75, 3.05) is 5.32 Å². The fourth-order valence-electron chi connectivity index (χ4n) is 2.32. The first-order valence-corrected chi connectivity index (χ1v) is 8.31. The molecular formula is C19H14BrN3O2. The number of benzene rings is 3. The molecule has 0 aliphatic carbocycles. The van der Waals surface area contributed by atoms with Gasteiger partial charge in [-0.2, -0.15) is 5.10 Å². The number of amides is 2. The molecule has 0 aliphatic rings. The predicted octanol–water partition coefficient (Wildman–Crippen LogP) is 3.69. The molecule has 0 saturated carbocycles. The van der Waals surface area contributed by atoms with Crippen LogP contribution in [0.1, 0.15) is 5.56 Å². The lowest BCUT2D eigenvalue weighted by Gasteiger charge is -2.05. The summed E-state index contributed by atoms with van der Waals surface area (Å²) in [4.78, 5) is 23.8. The lowest BCUT2D eigenvalue weighted by Crippen LogP contribution is -2.32. The molecular weight excluding hydrogens is 382 g/mol. The number of carbonyl (C=O) groups excluding carboxylic acids is 2. The van der Waals surface area contributed by atoms with Crippen LogP contribution in [0.3, 0.4) is 0 Å². The zero-order valence-electron chi connectivity index (χ0n) is 13.1. The number of rotatable bonds is 3. The molecule has 0 aliphatic heterocycles. The molecule has 0 fully saturated rings. The van der Waals surface area contributed by atoms with Crippen LogP contribution in [-0.2, 0) is 9.59 Å². The van der Waals surface area contributed by atoms with Gasteiger partial charge in [-0.3, -0.25) is 9.59 Å². The van der Waals surface area contributed by atoms with Gasteiger partial charge in [-0.05, 0) is 38.8 Å². The standard InChI is InChI=1S/C19H14BrN3O2/c20-16-10-3-4-11-17(16)22-18(24)19(25)23-21-12-14-8-5-7-13-6-1-2-9-15(13)14/h1-12H,(H,22,24)(H,23,25)/b21-12-. The van der Waals surface area contributed by atoms with Crippen LogP contribution >= 0.6 is 15.9 Å². The summed E-state index contributed by atoms with van der Waals surface area (Å²) in [6, 6.07) is 20.7. The molecule has 5 nitrogen and oxygen atoms in total. The van der Waals surface area contributed by atoms with Crippen LogP contribution in [0.2, 0.25) is 0 Å². The Kier molecular flexibility index (Phi) is 5.20. The first-order chi connectivity index (χ1) is 12.1. The lowest BCUT2D eigenvalue weighted by molar-refractivity contribution is -0.136. The summed E-state index contributed by atoms with van der Waals surface area (Å²) < 4.78 is 0.690. The smallest absolute Gasteiger partial charge is 0.317 e. The molecule has 3 aromatic carbocycles. The summed E-state index contributed by atoms with van der Waals surface area (Å²) in [5.41, 5.74) is 3.60. The van der Waals surface area contributed by atoms with E-state index < -0.39 is 11.8 Å². The minimum Gasteiger partial charge on any atom is -0.317 e. The number of hydrogen-bond donors (Lipinski definition) is 2. The Hall–Kier alpha value is -2.99. The van der Waals surface area contributed by atoms with Gasteiger partial charge in [0.05, 0.1) is 11.9 Å². The fraction of sp³-hybridized carbons (Fsp3) is 0. The molecule has 3 rings (SSSR count). The van der Waals surface area contributed by atoms with Crippen LogP contribution in [0.15, 0.2) is 76.3 Å². The Balaban J connectivity index is 1.66. The number of nitrogens with zero attached hydrogens (tertiary/aromatic N) is 1. The Morgan fingerprint density at radius 3 is 2.44 bits per heavy atom. The van der Waals surface area contributed by atoms with Gasteiger partial charge in [0.25, 0.3) is 0 Å². The number of hydrogen-bond acceptors (Lipinski definition) is 3. The van der Waals surface area contributed by atoms with Crippen molar-refractivity contribution in [1.82, 2.24) is 5.43 Å². The Labute approximate surface area is 152 Å². The van der Waals surface area contributed by atoms with E-state index in [1.54, 1.807) is 18.2 Å². The van der Waals surface area contributed by atoms with Gasteiger partial charge in [-0.1, -0.05) is 54.6 Å². The van der Waals surface area contributed by atoms with E-state index in [0.29, 0.717) is 10.2 Å². The van der Waals surface area contributed by atoms with E-state index in [1.165, 1.54) is 6.21 Å². The van der Waals surface area contributed by atoms with Gasteiger partial charge in [-0.15, -0.1) is 0 Å². The number of carbonyl (C=O) groups is 2. The van der Waals surface area contributed by atoms with E-state index in [0.717, 1.165) is 16.3 Å². The second-order valence-corrected chi connectivity index (χ2v) is 6.06. The van der Waals surface area contributed by atoms with Gasteiger partial charge in [-0.25, -0.2) is 5.43 Å². The molecule has 0 aromatic heterocycles. The average molecular weight is 396 g/mol. The van der Waals surface area contributed by atoms with Crippen LogP contribution in [0.5, 0.6) is 0 Å². The third kappa shape index (κ3) is 4.10. The van der Waals surface area contributed by atoms with E-state index in [9.17, 15) is 9.59 Å². The SMILES string of the molecule is O=C(N/N=C\c1cccc2ccccc12)C(=O)Nc1ccccc1Br. The van der Waals surface area contributed by atoms with Crippen molar-refractivity contribution in [3.63, 3.8) is 0 Å². The van der Waals surface area contributed by atoms with Crippen molar-refractivity contribution in [3.8, 4) is 0 Å². The molecule has 25 heavy (non-hydrogen) atoms. The number of halogens is 1. The molecule has 0 bridgehead atoms. The summed E-state index contributed by atoms with van der Waals surface area (Å²) in [5, 5.41) is 8.48. The number of nitrogens with one attached hydrogen (secondary N) is 2. The summed E-state index contributed by atoms with van der Waals surface area (Å²) in [5.74, 6) is -1.63. The maximum atomic E-state index is 11.9. The molecule has 0 heterocycles. The molecule has 0 saturated heterocycles. The third-order valence-electron chi connectivity index (χ3n) is 3.52. The van der Waals surface area contributed by atoms with Crippen molar-refractivity contribution in [2.24, 2.45) is 5.10 Å². The molecule has 2 N–H and O–H groups in total. The minimum absolute atomic E-state index is 0.515. The quantitative estimate of drug-likeness (QED) is 0.403. The second-order valence-electron chi connectivity index (χ2n) is 5.20. The first-order valence-electron chi connectivity index (χ1n) is 7.52. The van der Waals surface area contributed by atoms with Crippen LogP contribution in [0.4, 0.5) is 5.69 Å². The highest BCUT2D eigenvalue weighted by Crippen LogP contribution is 2.21. The first kappa shape index (κ1) is 16.9. The molecule has 2 amide bonds. The van der Waals surface area contributed by atoms with Crippen LogP contribution in [0, 0.1) is 0 Å². The van der Waals surface area contributed by atoms with E-state index in [4.69, 9.17) is 0 Å². The number of anilines is 1. The highest BCUT2D eigenvalue weighted by molar-refractivity contribution is 9.10. The molecule has 124 valence electrons. The fourth-order valence-corrected chi connectivity index (χ4v) is 2.70. The van der Waals surface area contributed by atoms with Crippen molar-refractivity contribution in [3.05, 3.63) is 76.8 Å². The summed E-state index contributed by atoms with van der Waals surface area (Å²) in [6.07, 6.45) is 1.52. The van der Waals surface area contributed by atoms with Gasteiger partial charge in [0.15, 0.2) is 0 Å². The van der Waals surface area contributed by atoms with Gasteiger partial charge in [0.1, 0.15) is 0 Å². The van der Waals surface area contributed by atoms with Gasteiger partial charge < -0.3 is 5.32 Å². The van der Waals surface area contributed by atoms with E-state index in [-0.39, 0.29) is 0 Å². The summed E-state index contributed by atoms with van der Waals surface area (Å²) in [7, 11) is 0. The maximum Gasteiger partial charge on any atom is 0.329 e. The second kappa shape index (κ2) is 7.72. The Morgan fingerprint density at radius 2 is 1.60 bits per heavy atom. The molecule has 3 aromatic rings. The summed E-state index contributed by atoms with van der Waals surface area (Å²) in [6.45, 7) is 0. The van der Waals surface area contributed by atoms with E-state index in [1.807, 2.05) is 48.5 Å². The van der Waals surface area contributed by atoms with E-state index in [2.05, 4.69) is 31.8 Å². The Morgan fingerprint density at radius 1 is 0.880 bits per heavy atom. The zero-order valence-corrected chi connectivity index (χ0v) is 14.7. The van der Waals surface area contributed by atoms with Crippen molar-refractivity contribution < 1.29 is 9.59 Å². The highest BCUT2D eigenvalue weighted by Gasteiger charge is 2.13. The third-order valence-corrected chi connectivity index (χ3v) is 4.21. The van der Waals surface area contributed by atoms with Gasteiger partial charge >= 0.3 is 11.8 Å². The van der Waals surface area contributed by atoms with Crippen LogP contribution in [-0.4, -0.2) is 18.0 Å². The Bertz CT molecular complexity index is 964. The van der Waals surface area contributed by atoms with Gasteiger partial charge in [0, 0.05) is 10.0 Å². The normalized spacial score (nSPS) is 10.8. The molecule has 0 atom stereocenters. The van der Waals surface area contributed by atoms with Crippen LogP contribution in [0.25, 0.3) is 10.8 Å². The van der Waals surface area contributed by atoms with Crippen LogP contribution < -0.4 is 10.7 Å². The lowest BCUT2D eigenvalue weighted by atomic mass is 10.1.